The minimum Gasteiger partial charge on any atom is -0.459 e. The zero-order valence-electron chi connectivity index (χ0n) is 17.7. The van der Waals surface area contributed by atoms with Gasteiger partial charge in [-0.1, -0.05) is 23.2 Å². The lowest BCUT2D eigenvalue weighted by molar-refractivity contribution is 0.0714. The molecule has 0 bridgehead atoms. The number of carbonyl (C=O) groups excluding carboxylic acids is 2. The van der Waals surface area contributed by atoms with Gasteiger partial charge < -0.3 is 19.5 Å². The van der Waals surface area contributed by atoms with Crippen LogP contribution in [0, 0.1) is 3.57 Å². The summed E-state index contributed by atoms with van der Waals surface area (Å²) in [5, 5.41) is 6.62. The number of piperazine rings is 1. The van der Waals surface area contributed by atoms with Gasteiger partial charge in [0.15, 0.2) is 10.9 Å². The molecule has 1 aliphatic heterocycles. The molecule has 1 fully saturated rings. The molecule has 2 aromatic carbocycles. The van der Waals surface area contributed by atoms with Crippen molar-refractivity contribution in [2.24, 2.45) is 0 Å². The number of hydrogen-bond donors (Lipinski definition) is 2. The smallest absolute Gasteiger partial charge is 0.289 e. The Labute approximate surface area is 225 Å². The summed E-state index contributed by atoms with van der Waals surface area (Å²) in [6.07, 6.45) is 1.49. The van der Waals surface area contributed by atoms with Crippen molar-refractivity contribution in [3.8, 4) is 0 Å². The summed E-state index contributed by atoms with van der Waals surface area (Å²) >= 11 is 20.0. The maximum Gasteiger partial charge on any atom is 0.289 e. The van der Waals surface area contributed by atoms with Crippen LogP contribution in [-0.2, 0) is 0 Å². The fourth-order valence-corrected chi connectivity index (χ4v) is 4.76. The van der Waals surface area contributed by atoms with E-state index < -0.39 is 5.91 Å². The van der Waals surface area contributed by atoms with E-state index in [1.807, 2.05) is 18.2 Å². The van der Waals surface area contributed by atoms with Crippen LogP contribution in [0.1, 0.15) is 20.9 Å². The number of anilines is 2. The highest BCUT2D eigenvalue weighted by molar-refractivity contribution is 14.1. The number of hydrogen-bond acceptors (Lipinski definition) is 5. The van der Waals surface area contributed by atoms with E-state index in [9.17, 15) is 9.59 Å². The summed E-state index contributed by atoms with van der Waals surface area (Å²) in [5.41, 5.74) is 1.84. The number of furan rings is 1. The minimum absolute atomic E-state index is 0.114. The number of thiocarbonyl (C=S) groups is 1. The number of rotatable bonds is 4. The lowest BCUT2D eigenvalue weighted by Gasteiger charge is -2.36. The molecule has 176 valence electrons. The van der Waals surface area contributed by atoms with Crippen LogP contribution < -0.4 is 15.5 Å². The summed E-state index contributed by atoms with van der Waals surface area (Å²) in [6, 6.07) is 14.0. The van der Waals surface area contributed by atoms with Crippen LogP contribution in [0.25, 0.3) is 0 Å². The Kier molecular flexibility index (Phi) is 7.97. The largest absolute Gasteiger partial charge is 0.459 e. The molecule has 2 amide bonds. The average Bonchev–Trinajstić information content (AvgIpc) is 3.35. The van der Waals surface area contributed by atoms with Gasteiger partial charge in [0.2, 0.25) is 0 Å². The van der Waals surface area contributed by atoms with E-state index in [2.05, 4.69) is 38.1 Å². The highest BCUT2D eigenvalue weighted by atomic mass is 127. The molecule has 1 aromatic heterocycles. The van der Waals surface area contributed by atoms with E-state index in [1.165, 1.54) is 6.26 Å². The quantitative estimate of drug-likeness (QED) is 0.302. The van der Waals surface area contributed by atoms with Gasteiger partial charge in [0, 0.05) is 35.4 Å². The maximum atomic E-state index is 12.5. The summed E-state index contributed by atoms with van der Waals surface area (Å²) in [6.45, 7) is 2.41. The molecular formula is C23H19Cl2IN4O3S. The standard InChI is InChI=1S/C23H19Cl2IN4O3S/c24-17-5-3-14(26)12-16(17)21(31)28-23(34)27-15-4-6-19(18(25)13-15)29-7-9-30(10-8-29)22(32)20-2-1-11-33-20/h1-6,11-13H,7-10H2,(H2,27,28,31,34). The lowest BCUT2D eigenvalue weighted by Crippen LogP contribution is -2.48. The van der Waals surface area contributed by atoms with Gasteiger partial charge in [-0.2, -0.15) is 0 Å². The third-order valence-electron chi connectivity index (χ3n) is 5.25. The van der Waals surface area contributed by atoms with Crippen LogP contribution in [0.4, 0.5) is 11.4 Å². The second-order valence-corrected chi connectivity index (χ2v) is 9.92. The second kappa shape index (κ2) is 10.9. The summed E-state index contributed by atoms with van der Waals surface area (Å²) < 4.78 is 6.10. The Morgan fingerprint density at radius 3 is 2.44 bits per heavy atom. The predicted octanol–water partition coefficient (Wildman–Crippen LogP) is 5.28. The van der Waals surface area contributed by atoms with Crippen LogP contribution in [0.15, 0.2) is 59.2 Å². The Morgan fingerprint density at radius 1 is 1.00 bits per heavy atom. The van der Waals surface area contributed by atoms with Gasteiger partial charge in [-0.3, -0.25) is 14.9 Å². The molecule has 7 nitrogen and oxygen atoms in total. The topological polar surface area (TPSA) is 77.8 Å². The molecule has 0 unspecified atom stereocenters. The van der Waals surface area contributed by atoms with Gasteiger partial charge in [0.1, 0.15) is 0 Å². The van der Waals surface area contributed by atoms with Crippen molar-refractivity contribution in [1.29, 1.82) is 0 Å². The molecule has 11 heteroatoms. The first-order valence-corrected chi connectivity index (χ1v) is 12.5. The molecule has 2 heterocycles. The summed E-state index contributed by atoms with van der Waals surface area (Å²) in [5.74, 6) is -0.169. The molecule has 0 atom stereocenters. The first kappa shape index (κ1) is 24.8. The molecule has 2 N–H and O–H groups in total. The first-order chi connectivity index (χ1) is 16.3. The van der Waals surface area contributed by atoms with E-state index in [4.69, 9.17) is 39.8 Å². The number of benzene rings is 2. The zero-order valence-corrected chi connectivity index (χ0v) is 22.2. The van der Waals surface area contributed by atoms with Gasteiger partial charge in [0.05, 0.1) is 27.6 Å². The number of halogens is 3. The van der Waals surface area contributed by atoms with Crippen LogP contribution in [0.5, 0.6) is 0 Å². The fourth-order valence-electron chi connectivity index (χ4n) is 3.55. The van der Waals surface area contributed by atoms with Crippen LogP contribution in [0.2, 0.25) is 10.0 Å². The van der Waals surface area contributed by atoms with E-state index in [0.29, 0.717) is 53.2 Å². The van der Waals surface area contributed by atoms with Crippen molar-refractivity contribution in [3.63, 3.8) is 0 Å². The van der Waals surface area contributed by atoms with Crippen molar-refractivity contribution in [1.82, 2.24) is 10.2 Å². The van der Waals surface area contributed by atoms with Crippen LogP contribution in [0.3, 0.4) is 0 Å². The third kappa shape index (κ3) is 5.83. The molecular weight excluding hydrogens is 610 g/mol. The molecule has 3 aromatic rings. The van der Waals surface area contributed by atoms with E-state index in [-0.39, 0.29) is 11.0 Å². The zero-order chi connectivity index (χ0) is 24.2. The SMILES string of the molecule is O=C(NC(=S)Nc1ccc(N2CCN(C(=O)c3ccco3)CC2)c(Cl)c1)c1cc(I)ccc1Cl. The maximum absolute atomic E-state index is 12.5. The van der Waals surface area contributed by atoms with Crippen molar-refractivity contribution < 1.29 is 14.0 Å². The predicted molar refractivity (Wildman–Crippen MR) is 146 cm³/mol. The monoisotopic (exact) mass is 628 g/mol. The lowest BCUT2D eigenvalue weighted by atomic mass is 10.2. The third-order valence-corrected chi connectivity index (χ3v) is 6.75. The molecule has 1 aliphatic rings. The molecule has 0 radical (unpaired) electrons. The van der Waals surface area contributed by atoms with Crippen LogP contribution >= 0.6 is 58.0 Å². The van der Waals surface area contributed by atoms with Crippen molar-refractivity contribution in [3.05, 3.63) is 79.7 Å². The molecule has 1 saturated heterocycles. The number of nitrogens with zero attached hydrogens (tertiary/aromatic N) is 2. The van der Waals surface area contributed by atoms with E-state index >= 15 is 0 Å². The Balaban J connectivity index is 1.34. The van der Waals surface area contributed by atoms with Crippen molar-refractivity contribution in [2.75, 3.05) is 36.4 Å². The van der Waals surface area contributed by atoms with Gasteiger partial charge in [0.25, 0.3) is 11.8 Å². The highest BCUT2D eigenvalue weighted by Gasteiger charge is 2.24. The minimum atomic E-state index is -0.398. The second-order valence-electron chi connectivity index (χ2n) is 7.46. The molecule has 0 aliphatic carbocycles. The Morgan fingerprint density at radius 2 is 1.76 bits per heavy atom. The normalized spacial score (nSPS) is 13.5. The van der Waals surface area contributed by atoms with Gasteiger partial charge in [-0.15, -0.1) is 0 Å². The fraction of sp³-hybridized carbons (Fsp3) is 0.174. The average molecular weight is 629 g/mol. The summed E-state index contributed by atoms with van der Waals surface area (Å²) in [7, 11) is 0. The number of nitrogens with one attached hydrogen (secondary N) is 2. The Hall–Kier alpha value is -2.34. The number of amides is 2. The van der Waals surface area contributed by atoms with Gasteiger partial charge in [-0.05, 0) is 83.3 Å². The molecule has 34 heavy (non-hydrogen) atoms. The molecule has 4 rings (SSSR count). The summed E-state index contributed by atoms with van der Waals surface area (Å²) in [4.78, 5) is 28.8. The molecule has 0 spiro atoms. The highest BCUT2D eigenvalue weighted by Crippen LogP contribution is 2.30. The Bertz CT molecular complexity index is 1230. The van der Waals surface area contributed by atoms with E-state index in [0.717, 1.165) is 9.26 Å². The van der Waals surface area contributed by atoms with Crippen molar-refractivity contribution >= 4 is 86.3 Å². The first-order valence-electron chi connectivity index (χ1n) is 10.3. The van der Waals surface area contributed by atoms with E-state index in [1.54, 1.807) is 35.2 Å². The number of carbonyl (C=O) groups is 2. The molecule has 0 saturated carbocycles. The van der Waals surface area contributed by atoms with Crippen molar-refractivity contribution in [2.45, 2.75) is 0 Å². The van der Waals surface area contributed by atoms with Gasteiger partial charge >= 0.3 is 0 Å². The van der Waals surface area contributed by atoms with Crippen LogP contribution in [-0.4, -0.2) is 48.0 Å². The van der Waals surface area contributed by atoms with Gasteiger partial charge in [-0.25, -0.2) is 0 Å².